The Morgan fingerprint density at radius 2 is 2.16 bits per heavy atom. The number of aryl methyl sites for hydroxylation is 1. The van der Waals surface area contributed by atoms with Crippen molar-refractivity contribution in [1.82, 2.24) is 5.32 Å². The molecule has 4 heteroatoms. The van der Waals surface area contributed by atoms with Gasteiger partial charge in [0.25, 0.3) is 0 Å². The highest BCUT2D eigenvalue weighted by molar-refractivity contribution is 5.76. The normalized spacial score (nSPS) is 12.3. The van der Waals surface area contributed by atoms with E-state index >= 15 is 0 Å². The van der Waals surface area contributed by atoms with Crippen LogP contribution in [-0.4, -0.2) is 30.8 Å². The molecule has 0 fully saturated rings. The Hall–Kier alpha value is -1.55. The summed E-state index contributed by atoms with van der Waals surface area (Å²) in [6, 6.07) is 7.53. The third-order valence-electron chi connectivity index (χ3n) is 3.12. The Morgan fingerprint density at radius 3 is 2.74 bits per heavy atom. The van der Waals surface area contributed by atoms with Crippen LogP contribution in [0, 0.1) is 5.92 Å². The Bertz CT molecular complexity index is 404. The predicted molar refractivity (Wildman–Crippen MR) is 75.2 cm³/mol. The van der Waals surface area contributed by atoms with Gasteiger partial charge in [0.2, 0.25) is 5.91 Å². The van der Waals surface area contributed by atoms with E-state index in [9.17, 15) is 4.79 Å². The first-order valence-corrected chi connectivity index (χ1v) is 6.60. The molecule has 1 aromatic rings. The molecule has 0 aliphatic rings. The maximum Gasteiger partial charge on any atom is 0.220 e. The lowest BCUT2D eigenvalue weighted by molar-refractivity contribution is -0.122. The Balaban J connectivity index is 2.45. The summed E-state index contributed by atoms with van der Waals surface area (Å²) in [4.78, 5) is 11.8. The highest BCUT2D eigenvalue weighted by Crippen LogP contribution is 2.14. The van der Waals surface area contributed by atoms with Crippen LogP contribution < -0.4 is 10.1 Å². The standard InChI is InChI=1S/C15H23NO3/c1-11(2)14(10-17)16-15(18)8-7-12-5-4-6-13(9-12)19-3/h4-6,9,11,14,17H,7-8,10H2,1-3H3,(H,16,18)/t14-/m1/s1. The lowest BCUT2D eigenvalue weighted by Gasteiger charge is -2.19. The number of carbonyl (C=O) groups excluding carboxylic acids is 1. The molecule has 1 atom stereocenters. The van der Waals surface area contributed by atoms with Gasteiger partial charge in [-0.1, -0.05) is 26.0 Å². The second-order valence-corrected chi connectivity index (χ2v) is 4.95. The van der Waals surface area contributed by atoms with Gasteiger partial charge in [0.05, 0.1) is 19.8 Å². The van der Waals surface area contributed by atoms with E-state index in [1.165, 1.54) is 0 Å². The number of ether oxygens (including phenoxy) is 1. The van der Waals surface area contributed by atoms with E-state index in [-0.39, 0.29) is 24.5 Å². The zero-order valence-electron chi connectivity index (χ0n) is 11.8. The zero-order chi connectivity index (χ0) is 14.3. The number of aliphatic hydroxyl groups is 1. The Morgan fingerprint density at radius 1 is 1.42 bits per heavy atom. The highest BCUT2D eigenvalue weighted by Gasteiger charge is 2.14. The molecule has 0 unspecified atom stereocenters. The van der Waals surface area contributed by atoms with Crippen LogP contribution in [0.4, 0.5) is 0 Å². The number of benzene rings is 1. The fourth-order valence-electron chi connectivity index (χ4n) is 1.79. The van der Waals surface area contributed by atoms with Crippen molar-refractivity contribution in [3.63, 3.8) is 0 Å². The van der Waals surface area contributed by atoms with Crippen LogP contribution in [0.25, 0.3) is 0 Å². The van der Waals surface area contributed by atoms with Gasteiger partial charge in [-0.3, -0.25) is 4.79 Å². The molecule has 0 radical (unpaired) electrons. The van der Waals surface area contributed by atoms with Gasteiger partial charge in [0.1, 0.15) is 5.75 Å². The third kappa shape index (κ3) is 5.30. The molecule has 1 aromatic carbocycles. The van der Waals surface area contributed by atoms with Crippen molar-refractivity contribution in [2.45, 2.75) is 32.7 Å². The first-order chi connectivity index (χ1) is 9.06. The molecular formula is C15H23NO3. The average Bonchev–Trinajstić information content (AvgIpc) is 2.42. The topological polar surface area (TPSA) is 58.6 Å². The van der Waals surface area contributed by atoms with Gasteiger partial charge >= 0.3 is 0 Å². The van der Waals surface area contributed by atoms with E-state index in [2.05, 4.69) is 5.32 Å². The fourth-order valence-corrected chi connectivity index (χ4v) is 1.79. The first-order valence-electron chi connectivity index (χ1n) is 6.60. The van der Waals surface area contributed by atoms with E-state index in [1.54, 1.807) is 7.11 Å². The van der Waals surface area contributed by atoms with Gasteiger partial charge in [-0.2, -0.15) is 0 Å². The molecule has 106 valence electrons. The number of aliphatic hydroxyl groups excluding tert-OH is 1. The minimum atomic E-state index is -0.169. The van der Waals surface area contributed by atoms with Crippen LogP contribution in [-0.2, 0) is 11.2 Å². The Labute approximate surface area is 114 Å². The first kappa shape index (κ1) is 15.5. The van der Waals surface area contributed by atoms with Crippen LogP contribution in [0.1, 0.15) is 25.8 Å². The van der Waals surface area contributed by atoms with Crippen molar-refractivity contribution in [1.29, 1.82) is 0 Å². The summed E-state index contributed by atoms with van der Waals surface area (Å²) in [6.07, 6.45) is 1.08. The monoisotopic (exact) mass is 265 g/mol. The minimum absolute atomic E-state index is 0.0252. The molecular weight excluding hydrogens is 242 g/mol. The summed E-state index contributed by atoms with van der Waals surface area (Å²) in [5, 5.41) is 12.0. The molecule has 0 aromatic heterocycles. The van der Waals surface area contributed by atoms with Crippen LogP contribution in [0.3, 0.4) is 0 Å². The molecule has 0 heterocycles. The maximum absolute atomic E-state index is 11.8. The summed E-state index contributed by atoms with van der Waals surface area (Å²) in [7, 11) is 1.63. The number of methoxy groups -OCH3 is 1. The van der Waals surface area contributed by atoms with Crippen molar-refractivity contribution >= 4 is 5.91 Å². The fraction of sp³-hybridized carbons (Fsp3) is 0.533. The lowest BCUT2D eigenvalue weighted by atomic mass is 10.0. The molecule has 2 N–H and O–H groups in total. The van der Waals surface area contributed by atoms with Crippen LogP contribution >= 0.6 is 0 Å². The smallest absolute Gasteiger partial charge is 0.220 e. The number of carbonyl (C=O) groups is 1. The largest absolute Gasteiger partial charge is 0.497 e. The predicted octanol–water partition coefficient (Wildman–Crippen LogP) is 1.76. The summed E-state index contributed by atoms with van der Waals surface area (Å²) >= 11 is 0. The number of nitrogens with one attached hydrogen (secondary N) is 1. The highest BCUT2D eigenvalue weighted by atomic mass is 16.5. The number of hydrogen-bond acceptors (Lipinski definition) is 3. The average molecular weight is 265 g/mol. The molecule has 19 heavy (non-hydrogen) atoms. The van der Waals surface area contributed by atoms with Gasteiger partial charge < -0.3 is 15.2 Å². The molecule has 4 nitrogen and oxygen atoms in total. The van der Waals surface area contributed by atoms with Crippen LogP contribution in [0.5, 0.6) is 5.75 Å². The summed E-state index contributed by atoms with van der Waals surface area (Å²) < 4.78 is 5.14. The molecule has 0 saturated carbocycles. The number of amides is 1. The van der Waals surface area contributed by atoms with Crippen molar-refractivity contribution < 1.29 is 14.6 Å². The third-order valence-corrected chi connectivity index (χ3v) is 3.12. The van der Waals surface area contributed by atoms with E-state index < -0.39 is 0 Å². The van der Waals surface area contributed by atoms with Gasteiger partial charge in [0, 0.05) is 6.42 Å². The van der Waals surface area contributed by atoms with Crippen LogP contribution in [0.15, 0.2) is 24.3 Å². The van der Waals surface area contributed by atoms with Crippen LogP contribution in [0.2, 0.25) is 0 Å². The van der Waals surface area contributed by atoms with E-state index in [4.69, 9.17) is 9.84 Å². The van der Waals surface area contributed by atoms with Gasteiger partial charge in [-0.25, -0.2) is 0 Å². The van der Waals surface area contributed by atoms with Gasteiger partial charge in [0.15, 0.2) is 0 Å². The molecule has 0 spiro atoms. The molecule has 0 bridgehead atoms. The van der Waals surface area contributed by atoms with Gasteiger partial charge in [-0.05, 0) is 30.0 Å². The number of rotatable bonds is 7. The summed E-state index contributed by atoms with van der Waals surface area (Å²) in [5.74, 6) is 0.995. The number of hydrogen-bond donors (Lipinski definition) is 2. The van der Waals surface area contributed by atoms with E-state index in [0.29, 0.717) is 12.8 Å². The Kier molecular flexibility index (Phi) is 6.36. The van der Waals surface area contributed by atoms with E-state index in [0.717, 1.165) is 11.3 Å². The summed E-state index contributed by atoms with van der Waals surface area (Å²) in [6.45, 7) is 3.93. The van der Waals surface area contributed by atoms with Crippen molar-refractivity contribution in [3.05, 3.63) is 29.8 Å². The zero-order valence-corrected chi connectivity index (χ0v) is 11.8. The molecule has 0 saturated heterocycles. The van der Waals surface area contributed by atoms with E-state index in [1.807, 2.05) is 38.1 Å². The second kappa shape index (κ2) is 7.79. The molecule has 1 amide bonds. The molecule has 1 rings (SSSR count). The second-order valence-electron chi connectivity index (χ2n) is 4.95. The lowest BCUT2D eigenvalue weighted by Crippen LogP contribution is -2.41. The SMILES string of the molecule is COc1cccc(CCC(=O)N[C@H](CO)C(C)C)c1. The van der Waals surface area contributed by atoms with Gasteiger partial charge in [-0.15, -0.1) is 0 Å². The quantitative estimate of drug-likeness (QED) is 0.790. The van der Waals surface area contributed by atoms with Crippen molar-refractivity contribution in [2.24, 2.45) is 5.92 Å². The van der Waals surface area contributed by atoms with Crippen molar-refractivity contribution in [2.75, 3.05) is 13.7 Å². The maximum atomic E-state index is 11.8. The van der Waals surface area contributed by atoms with Crippen molar-refractivity contribution in [3.8, 4) is 5.75 Å². The molecule has 0 aliphatic carbocycles. The molecule has 0 aliphatic heterocycles. The minimum Gasteiger partial charge on any atom is -0.497 e. The summed E-state index contributed by atoms with van der Waals surface area (Å²) in [5.41, 5.74) is 1.07.